The largest absolute Gasteiger partial charge is 0.297 e. The van der Waals surface area contributed by atoms with Gasteiger partial charge in [-0.15, -0.1) is 0 Å². The summed E-state index contributed by atoms with van der Waals surface area (Å²) < 4.78 is 0. The average Bonchev–Trinajstić information content (AvgIpc) is 2.54. The highest BCUT2D eigenvalue weighted by Crippen LogP contribution is 2.23. The summed E-state index contributed by atoms with van der Waals surface area (Å²) >= 11 is 5.93. The molecular weight excluding hydrogens is 306 g/mol. The molecule has 0 spiro atoms. The molecule has 0 N–H and O–H groups in total. The molecule has 116 valence electrons. The zero-order chi connectivity index (χ0) is 15.6. The van der Waals surface area contributed by atoms with Crippen molar-refractivity contribution in [2.75, 3.05) is 13.1 Å². The van der Waals surface area contributed by atoms with Crippen LogP contribution in [0.4, 0.5) is 0 Å². The van der Waals surface area contributed by atoms with E-state index in [4.69, 9.17) is 16.6 Å². The van der Waals surface area contributed by atoms with Crippen molar-refractivity contribution in [2.24, 2.45) is 5.92 Å². The van der Waals surface area contributed by atoms with Crippen molar-refractivity contribution in [1.82, 2.24) is 14.9 Å². The lowest BCUT2D eigenvalue weighted by molar-refractivity contribution is 0.0912. The minimum Gasteiger partial charge on any atom is -0.297 e. The third-order valence-electron chi connectivity index (χ3n) is 4.35. The highest BCUT2D eigenvalue weighted by atomic mass is 35.5. The second-order valence-electron chi connectivity index (χ2n) is 6.24. The molecule has 23 heavy (non-hydrogen) atoms. The molecule has 3 nitrogen and oxygen atoms in total. The molecule has 0 unspecified atom stereocenters. The van der Waals surface area contributed by atoms with Gasteiger partial charge >= 0.3 is 0 Å². The molecule has 0 aliphatic carbocycles. The second kappa shape index (κ2) is 6.26. The van der Waals surface area contributed by atoms with Crippen LogP contribution < -0.4 is 0 Å². The van der Waals surface area contributed by atoms with Crippen LogP contribution in [0.2, 0.25) is 5.02 Å². The fraction of sp³-hybridized carbons (Fsp3) is 0.263. The summed E-state index contributed by atoms with van der Waals surface area (Å²) in [6.07, 6.45) is 3.02. The van der Waals surface area contributed by atoms with E-state index >= 15 is 0 Å². The van der Waals surface area contributed by atoms with Crippen LogP contribution in [0.5, 0.6) is 0 Å². The molecule has 1 fully saturated rings. The summed E-state index contributed by atoms with van der Waals surface area (Å²) in [5.41, 5.74) is 4.35. The fourth-order valence-electron chi connectivity index (χ4n) is 3.19. The maximum atomic E-state index is 5.93. The van der Waals surface area contributed by atoms with E-state index in [1.807, 2.05) is 42.6 Å². The number of hydrogen-bond acceptors (Lipinski definition) is 3. The number of rotatable bonds is 4. The maximum Gasteiger partial charge on any atom is 0.0890 e. The smallest absolute Gasteiger partial charge is 0.0890 e. The molecule has 0 saturated carbocycles. The summed E-state index contributed by atoms with van der Waals surface area (Å²) in [4.78, 5) is 11.6. The first-order chi connectivity index (χ1) is 11.3. The maximum absolute atomic E-state index is 5.93. The van der Waals surface area contributed by atoms with E-state index in [9.17, 15) is 0 Å². The van der Waals surface area contributed by atoms with Crippen LogP contribution in [0.15, 0.2) is 54.7 Å². The number of hydrogen-bond donors (Lipinski definition) is 0. The van der Waals surface area contributed by atoms with E-state index < -0.39 is 0 Å². The number of aromatic nitrogens is 2. The Labute approximate surface area is 140 Å². The third-order valence-corrected chi connectivity index (χ3v) is 4.61. The van der Waals surface area contributed by atoms with Gasteiger partial charge in [-0.1, -0.05) is 35.9 Å². The van der Waals surface area contributed by atoms with Crippen molar-refractivity contribution in [3.05, 3.63) is 71.0 Å². The highest BCUT2D eigenvalue weighted by Gasteiger charge is 2.26. The van der Waals surface area contributed by atoms with Gasteiger partial charge in [0.2, 0.25) is 0 Å². The molecule has 1 aliphatic heterocycles. The first-order valence-corrected chi connectivity index (χ1v) is 8.31. The fourth-order valence-corrected chi connectivity index (χ4v) is 3.32. The lowest BCUT2D eigenvalue weighted by Crippen LogP contribution is -2.46. The molecule has 4 rings (SSSR count). The molecular formula is C19H18ClN3. The Morgan fingerprint density at radius 2 is 1.74 bits per heavy atom. The van der Waals surface area contributed by atoms with E-state index in [0.717, 1.165) is 53.7 Å². The first kappa shape index (κ1) is 14.6. The number of nitrogens with zero attached hydrogens (tertiary/aromatic N) is 3. The van der Waals surface area contributed by atoms with Gasteiger partial charge in [0.05, 0.1) is 22.9 Å². The van der Waals surface area contributed by atoms with Crippen LogP contribution >= 0.6 is 11.6 Å². The predicted molar refractivity (Wildman–Crippen MR) is 93.5 cm³/mol. The van der Waals surface area contributed by atoms with Gasteiger partial charge in [0, 0.05) is 24.7 Å². The minimum atomic E-state index is 0.726. The SMILES string of the molecule is Clc1ccc(CC2CN(Cc3cnc4ccccc4n3)C2)cc1. The Morgan fingerprint density at radius 1 is 1.00 bits per heavy atom. The van der Waals surface area contributed by atoms with E-state index in [1.54, 1.807) is 0 Å². The molecule has 1 aliphatic rings. The zero-order valence-electron chi connectivity index (χ0n) is 12.8. The van der Waals surface area contributed by atoms with Gasteiger partial charge in [-0.25, -0.2) is 4.98 Å². The number of para-hydroxylation sites is 2. The van der Waals surface area contributed by atoms with Crippen molar-refractivity contribution >= 4 is 22.6 Å². The topological polar surface area (TPSA) is 29.0 Å². The van der Waals surface area contributed by atoms with E-state index in [1.165, 1.54) is 5.56 Å². The quantitative estimate of drug-likeness (QED) is 0.727. The molecule has 0 radical (unpaired) electrons. The summed E-state index contributed by atoms with van der Waals surface area (Å²) in [5, 5.41) is 0.805. The van der Waals surface area contributed by atoms with E-state index in [0.29, 0.717) is 0 Å². The van der Waals surface area contributed by atoms with Crippen LogP contribution in [0.3, 0.4) is 0 Å². The van der Waals surface area contributed by atoms with Crippen molar-refractivity contribution < 1.29 is 0 Å². The van der Waals surface area contributed by atoms with Gasteiger partial charge in [0.15, 0.2) is 0 Å². The average molecular weight is 324 g/mol. The molecule has 2 aromatic carbocycles. The Kier molecular flexibility index (Phi) is 3.98. The van der Waals surface area contributed by atoms with Gasteiger partial charge in [0.1, 0.15) is 0 Å². The van der Waals surface area contributed by atoms with Crippen LogP contribution in [0.25, 0.3) is 11.0 Å². The first-order valence-electron chi connectivity index (χ1n) is 7.94. The van der Waals surface area contributed by atoms with Gasteiger partial charge in [-0.2, -0.15) is 0 Å². The molecule has 3 aromatic rings. The third kappa shape index (κ3) is 3.36. The Morgan fingerprint density at radius 3 is 2.52 bits per heavy atom. The zero-order valence-corrected chi connectivity index (χ0v) is 13.6. The molecule has 0 atom stereocenters. The van der Waals surface area contributed by atoms with Crippen molar-refractivity contribution in [2.45, 2.75) is 13.0 Å². The van der Waals surface area contributed by atoms with Crippen LogP contribution in [-0.2, 0) is 13.0 Å². The van der Waals surface area contributed by atoms with Crippen LogP contribution in [-0.4, -0.2) is 28.0 Å². The summed E-state index contributed by atoms with van der Waals surface area (Å²) in [6.45, 7) is 3.13. The lowest BCUT2D eigenvalue weighted by Gasteiger charge is -2.39. The van der Waals surface area contributed by atoms with E-state index in [-0.39, 0.29) is 0 Å². The van der Waals surface area contributed by atoms with Gasteiger partial charge in [-0.05, 0) is 42.2 Å². The standard InChI is InChI=1S/C19H18ClN3/c20-16-7-5-14(6-8-16)9-15-11-23(12-15)13-17-10-21-18-3-1-2-4-19(18)22-17/h1-8,10,15H,9,11-13H2. The summed E-state index contributed by atoms with van der Waals surface area (Å²) in [7, 11) is 0. The molecule has 0 amide bonds. The highest BCUT2D eigenvalue weighted by molar-refractivity contribution is 6.30. The van der Waals surface area contributed by atoms with Crippen molar-refractivity contribution in [1.29, 1.82) is 0 Å². The van der Waals surface area contributed by atoms with Gasteiger partial charge in [-0.3, -0.25) is 9.88 Å². The van der Waals surface area contributed by atoms with Crippen molar-refractivity contribution in [3.63, 3.8) is 0 Å². The summed E-state index contributed by atoms with van der Waals surface area (Å²) in [5.74, 6) is 0.726. The molecule has 4 heteroatoms. The second-order valence-corrected chi connectivity index (χ2v) is 6.68. The van der Waals surface area contributed by atoms with Crippen molar-refractivity contribution in [3.8, 4) is 0 Å². The molecule has 1 saturated heterocycles. The number of halogens is 1. The van der Waals surface area contributed by atoms with E-state index in [2.05, 4.69) is 22.0 Å². The van der Waals surface area contributed by atoms with Crippen LogP contribution in [0.1, 0.15) is 11.3 Å². The summed E-state index contributed by atoms with van der Waals surface area (Å²) in [6, 6.07) is 16.2. The number of likely N-dealkylation sites (tertiary alicyclic amines) is 1. The molecule has 2 heterocycles. The van der Waals surface area contributed by atoms with Gasteiger partial charge in [0.25, 0.3) is 0 Å². The number of fused-ring (bicyclic) bond motifs is 1. The minimum absolute atomic E-state index is 0.726. The number of benzene rings is 2. The van der Waals surface area contributed by atoms with Crippen LogP contribution in [0, 0.1) is 5.92 Å². The Hall–Kier alpha value is -1.97. The molecule has 1 aromatic heterocycles. The normalized spacial score (nSPS) is 15.7. The Balaban J connectivity index is 1.33. The molecule has 0 bridgehead atoms. The Bertz CT molecular complexity index is 810. The predicted octanol–water partition coefficient (Wildman–Crippen LogP) is 3.96. The monoisotopic (exact) mass is 323 g/mol. The van der Waals surface area contributed by atoms with Gasteiger partial charge < -0.3 is 0 Å². The lowest BCUT2D eigenvalue weighted by atomic mass is 9.92.